The average Bonchev–Trinajstić information content (AvgIpc) is 2.43. The van der Waals surface area contributed by atoms with Gasteiger partial charge in [-0.15, -0.1) is 0 Å². The molecule has 1 atom stereocenters. The van der Waals surface area contributed by atoms with Crippen LogP contribution in [0.15, 0.2) is 18.2 Å². The zero-order chi connectivity index (χ0) is 13.7. The van der Waals surface area contributed by atoms with Crippen molar-refractivity contribution in [3.8, 4) is 0 Å². The van der Waals surface area contributed by atoms with E-state index in [2.05, 4.69) is 44.3 Å². The molecule has 1 aromatic carbocycles. The lowest BCUT2D eigenvalue weighted by molar-refractivity contribution is 0.329. The van der Waals surface area contributed by atoms with Crippen LogP contribution in [-0.4, -0.2) is 6.54 Å². The van der Waals surface area contributed by atoms with Gasteiger partial charge >= 0.3 is 0 Å². The van der Waals surface area contributed by atoms with Crippen molar-refractivity contribution >= 4 is 0 Å². The van der Waals surface area contributed by atoms with Crippen molar-refractivity contribution in [1.29, 1.82) is 0 Å². The van der Waals surface area contributed by atoms with Gasteiger partial charge in [0.25, 0.3) is 0 Å². The predicted octanol–water partition coefficient (Wildman–Crippen LogP) is 4.92. The van der Waals surface area contributed by atoms with Crippen molar-refractivity contribution in [1.82, 2.24) is 5.32 Å². The van der Waals surface area contributed by atoms with Crippen molar-refractivity contribution in [2.45, 2.75) is 65.3 Å². The fourth-order valence-electron chi connectivity index (χ4n) is 3.13. The van der Waals surface area contributed by atoms with Gasteiger partial charge in [0.1, 0.15) is 0 Å². The van der Waals surface area contributed by atoms with E-state index < -0.39 is 0 Å². The Morgan fingerprint density at radius 1 is 1.11 bits per heavy atom. The third-order valence-corrected chi connectivity index (χ3v) is 4.76. The molecule has 106 valence electrons. The molecular formula is C18H29N. The van der Waals surface area contributed by atoms with Crippen LogP contribution in [0.25, 0.3) is 0 Å². The molecule has 1 aromatic rings. The van der Waals surface area contributed by atoms with Gasteiger partial charge in [0.15, 0.2) is 0 Å². The summed E-state index contributed by atoms with van der Waals surface area (Å²) in [6.45, 7) is 7.83. The number of nitrogens with one attached hydrogen (secondary N) is 1. The molecule has 0 aliphatic heterocycles. The number of benzene rings is 1. The molecule has 1 unspecified atom stereocenters. The maximum atomic E-state index is 3.69. The Balaban J connectivity index is 1.76. The van der Waals surface area contributed by atoms with Crippen molar-refractivity contribution in [2.24, 2.45) is 5.92 Å². The van der Waals surface area contributed by atoms with Crippen molar-refractivity contribution in [3.05, 3.63) is 34.9 Å². The molecule has 0 heterocycles. The third-order valence-electron chi connectivity index (χ3n) is 4.76. The standard InChI is InChI=1S/C18H29N/c1-14-9-10-18(13-15(14)2)16(3)19-12-11-17-7-5-4-6-8-17/h9-10,13,16-17,19H,4-8,11-12H2,1-3H3. The van der Waals surface area contributed by atoms with Crippen LogP contribution in [0, 0.1) is 19.8 Å². The highest BCUT2D eigenvalue weighted by molar-refractivity contribution is 5.31. The van der Waals surface area contributed by atoms with Crippen LogP contribution in [-0.2, 0) is 0 Å². The molecule has 0 radical (unpaired) electrons. The molecule has 2 rings (SSSR count). The van der Waals surface area contributed by atoms with E-state index in [9.17, 15) is 0 Å². The first-order valence-electron chi connectivity index (χ1n) is 7.97. The molecule has 1 nitrogen and oxygen atoms in total. The van der Waals surface area contributed by atoms with Crippen LogP contribution in [0.3, 0.4) is 0 Å². The Morgan fingerprint density at radius 3 is 2.53 bits per heavy atom. The molecule has 1 heteroatoms. The maximum absolute atomic E-state index is 3.69. The summed E-state index contributed by atoms with van der Waals surface area (Å²) in [6.07, 6.45) is 8.65. The first kappa shape index (κ1) is 14.6. The lowest BCUT2D eigenvalue weighted by atomic mass is 9.87. The molecule has 1 saturated carbocycles. The van der Waals surface area contributed by atoms with E-state index in [1.807, 2.05) is 0 Å². The zero-order valence-electron chi connectivity index (χ0n) is 12.8. The summed E-state index contributed by atoms with van der Waals surface area (Å²) in [5.74, 6) is 0.980. The van der Waals surface area contributed by atoms with E-state index >= 15 is 0 Å². The van der Waals surface area contributed by atoms with Gasteiger partial charge in [-0.2, -0.15) is 0 Å². The Labute approximate surface area is 118 Å². The topological polar surface area (TPSA) is 12.0 Å². The Hall–Kier alpha value is -0.820. The Kier molecular flexibility index (Phi) is 5.45. The summed E-state index contributed by atoms with van der Waals surface area (Å²) in [4.78, 5) is 0. The van der Waals surface area contributed by atoms with Gasteiger partial charge in [-0.05, 0) is 56.3 Å². The highest BCUT2D eigenvalue weighted by atomic mass is 14.9. The lowest BCUT2D eigenvalue weighted by Crippen LogP contribution is -2.22. The van der Waals surface area contributed by atoms with Crippen LogP contribution in [0.4, 0.5) is 0 Å². The first-order valence-corrected chi connectivity index (χ1v) is 7.97. The van der Waals surface area contributed by atoms with E-state index in [1.165, 1.54) is 61.8 Å². The van der Waals surface area contributed by atoms with Gasteiger partial charge in [-0.1, -0.05) is 50.3 Å². The van der Waals surface area contributed by atoms with Gasteiger partial charge in [0.05, 0.1) is 0 Å². The first-order chi connectivity index (χ1) is 9.16. The van der Waals surface area contributed by atoms with E-state index in [0.29, 0.717) is 6.04 Å². The van der Waals surface area contributed by atoms with Crippen LogP contribution < -0.4 is 5.32 Å². The second-order valence-electron chi connectivity index (χ2n) is 6.31. The summed E-state index contributed by atoms with van der Waals surface area (Å²) < 4.78 is 0. The van der Waals surface area contributed by atoms with E-state index in [1.54, 1.807) is 0 Å². The summed E-state index contributed by atoms with van der Waals surface area (Å²) >= 11 is 0. The number of hydrogen-bond donors (Lipinski definition) is 1. The predicted molar refractivity (Wildman–Crippen MR) is 83.5 cm³/mol. The molecule has 1 aliphatic rings. The summed E-state index contributed by atoms with van der Waals surface area (Å²) in [5, 5.41) is 3.69. The average molecular weight is 259 g/mol. The van der Waals surface area contributed by atoms with Crippen LogP contribution in [0.1, 0.15) is 68.2 Å². The van der Waals surface area contributed by atoms with Gasteiger partial charge in [0, 0.05) is 6.04 Å². The molecule has 1 aliphatic carbocycles. The number of hydrogen-bond acceptors (Lipinski definition) is 1. The highest BCUT2D eigenvalue weighted by Gasteiger charge is 2.13. The van der Waals surface area contributed by atoms with E-state index in [0.717, 1.165) is 5.92 Å². The molecular weight excluding hydrogens is 230 g/mol. The van der Waals surface area contributed by atoms with Gasteiger partial charge < -0.3 is 5.32 Å². The number of aryl methyl sites for hydroxylation is 2. The molecule has 0 amide bonds. The van der Waals surface area contributed by atoms with Crippen LogP contribution in [0.5, 0.6) is 0 Å². The molecule has 0 spiro atoms. The maximum Gasteiger partial charge on any atom is 0.0291 e. The Morgan fingerprint density at radius 2 is 1.84 bits per heavy atom. The molecule has 0 bridgehead atoms. The summed E-state index contributed by atoms with van der Waals surface area (Å²) in [5.41, 5.74) is 4.21. The van der Waals surface area contributed by atoms with Crippen molar-refractivity contribution < 1.29 is 0 Å². The highest BCUT2D eigenvalue weighted by Crippen LogP contribution is 2.26. The van der Waals surface area contributed by atoms with Crippen molar-refractivity contribution in [2.75, 3.05) is 6.54 Å². The van der Waals surface area contributed by atoms with Gasteiger partial charge in [-0.3, -0.25) is 0 Å². The quantitative estimate of drug-likeness (QED) is 0.791. The second kappa shape index (κ2) is 7.09. The smallest absolute Gasteiger partial charge is 0.0291 e. The van der Waals surface area contributed by atoms with Gasteiger partial charge in [-0.25, -0.2) is 0 Å². The molecule has 19 heavy (non-hydrogen) atoms. The van der Waals surface area contributed by atoms with Crippen LogP contribution >= 0.6 is 0 Å². The minimum absolute atomic E-state index is 0.475. The summed E-state index contributed by atoms with van der Waals surface area (Å²) in [7, 11) is 0. The minimum Gasteiger partial charge on any atom is -0.310 e. The van der Waals surface area contributed by atoms with Crippen LogP contribution in [0.2, 0.25) is 0 Å². The Bertz CT molecular complexity index is 391. The molecule has 0 aromatic heterocycles. The van der Waals surface area contributed by atoms with Crippen molar-refractivity contribution in [3.63, 3.8) is 0 Å². The van der Waals surface area contributed by atoms with E-state index in [-0.39, 0.29) is 0 Å². The SMILES string of the molecule is Cc1ccc(C(C)NCCC2CCCCC2)cc1C. The normalized spacial score (nSPS) is 18.5. The fraction of sp³-hybridized carbons (Fsp3) is 0.667. The summed E-state index contributed by atoms with van der Waals surface area (Å²) in [6, 6.07) is 7.31. The van der Waals surface area contributed by atoms with E-state index in [4.69, 9.17) is 0 Å². The third kappa shape index (κ3) is 4.35. The monoisotopic (exact) mass is 259 g/mol. The minimum atomic E-state index is 0.475. The molecule has 1 N–H and O–H groups in total. The second-order valence-corrected chi connectivity index (χ2v) is 6.31. The van der Waals surface area contributed by atoms with Gasteiger partial charge in [0.2, 0.25) is 0 Å². The molecule has 0 saturated heterocycles. The number of rotatable bonds is 5. The lowest BCUT2D eigenvalue weighted by Gasteiger charge is -2.23. The largest absolute Gasteiger partial charge is 0.310 e. The fourth-order valence-corrected chi connectivity index (χ4v) is 3.13. The zero-order valence-corrected chi connectivity index (χ0v) is 12.8. The molecule has 1 fully saturated rings.